The molecule has 2 rings (SSSR count). The predicted molar refractivity (Wildman–Crippen MR) is 76.0 cm³/mol. The summed E-state index contributed by atoms with van der Waals surface area (Å²) in [5.41, 5.74) is 7.78. The molecular weight excluding hydrogens is 220 g/mol. The summed E-state index contributed by atoms with van der Waals surface area (Å²) in [6, 6.07) is 8.53. The molecule has 96 valence electrons. The van der Waals surface area contributed by atoms with Crippen LogP contribution < -0.4 is 5.73 Å². The summed E-state index contributed by atoms with van der Waals surface area (Å²) in [4.78, 5) is 2.53. The molecule has 0 heterocycles. The molecule has 1 saturated carbocycles. The second-order valence-electron chi connectivity index (χ2n) is 4.97. The summed E-state index contributed by atoms with van der Waals surface area (Å²) in [5.74, 6) is 6.89. The molecule has 2 N–H and O–H groups in total. The molecule has 0 aromatic heterocycles. The van der Waals surface area contributed by atoms with Gasteiger partial charge in [0.1, 0.15) is 0 Å². The molecule has 0 bridgehead atoms. The van der Waals surface area contributed by atoms with E-state index in [4.69, 9.17) is 5.73 Å². The smallest absolute Gasteiger partial charge is 0.0555 e. The van der Waals surface area contributed by atoms with Gasteiger partial charge in [0.15, 0.2) is 0 Å². The fourth-order valence-electron chi connectivity index (χ4n) is 2.08. The van der Waals surface area contributed by atoms with Gasteiger partial charge in [0.2, 0.25) is 0 Å². The van der Waals surface area contributed by atoms with Crippen molar-refractivity contribution in [2.45, 2.75) is 26.3 Å². The summed E-state index contributed by atoms with van der Waals surface area (Å²) in [6.07, 6.45) is 2.84. The summed E-state index contributed by atoms with van der Waals surface area (Å²) in [6.45, 7) is 6.10. The lowest BCUT2D eigenvalue weighted by Gasteiger charge is -2.20. The van der Waals surface area contributed by atoms with Crippen LogP contribution >= 0.6 is 0 Å². The second-order valence-corrected chi connectivity index (χ2v) is 4.97. The standard InChI is InChI=1S/C16H22N2/c1-2-18(13-16-9-10-16)12-15-7-5-14(6-8-15)4-3-11-17/h5-8,16H,2,9-13,17H2,1H3. The van der Waals surface area contributed by atoms with Crippen LogP contribution in [0.5, 0.6) is 0 Å². The molecule has 0 unspecified atom stereocenters. The van der Waals surface area contributed by atoms with Crippen molar-refractivity contribution < 1.29 is 0 Å². The van der Waals surface area contributed by atoms with Gasteiger partial charge in [-0.05, 0) is 43.0 Å². The van der Waals surface area contributed by atoms with Gasteiger partial charge in [-0.25, -0.2) is 0 Å². The SMILES string of the molecule is CCN(Cc1ccc(C#CCN)cc1)CC1CC1. The van der Waals surface area contributed by atoms with Crippen LogP contribution in [0.1, 0.15) is 30.9 Å². The highest BCUT2D eigenvalue weighted by atomic mass is 15.1. The Morgan fingerprint density at radius 2 is 2.00 bits per heavy atom. The Morgan fingerprint density at radius 1 is 1.28 bits per heavy atom. The van der Waals surface area contributed by atoms with E-state index in [2.05, 4.69) is 47.9 Å². The molecule has 0 spiro atoms. The quantitative estimate of drug-likeness (QED) is 0.802. The Bertz CT molecular complexity index is 421. The van der Waals surface area contributed by atoms with Gasteiger partial charge >= 0.3 is 0 Å². The van der Waals surface area contributed by atoms with Crippen LogP contribution in [0.15, 0.2) is 24.3 Å². The van der Waals surface area contributed by atoms with Crippen LogP contribution in [0.4, 0.5) is 0 Å². The van der Waals surface area contributed by atoms with Crippen molar-refractivity contribution in [3.63, 3.8) is 0 Å². The molecule has 1 aliphatic carbocycles. The molecule has 1 aromatic carbocycles. The minimum absolute atomic E-state index is 0.423. The number of rotatable bonds is 5. The van der Waals surface area contributed by atoms with Crippen molar-refractivity contribution in [3.8, 4) is 11.8 Å². The third kappa shape index (κ3) is 4.18. The number of nitrogens with zero attached hydrogens (tertiary/aromatic N) is 1. The monoisotopic (exact) mass is 242 g/mol. The van der Waals surface area contributed by atoms with E-state index in [9.17, 15) is 0 Å². The lowest BCUT2D eigenvalue weighted by atomic mass is 10.1. The fraction of sp³-hybridized carbons (Fsp3) is 0.500. The molecule has 1 aromatic rings. The van der Waals surface area contributed by atoms with E-state index >= 15 is 0 Å². The van der Waals surface area contributed by atoms with Gasteiger partial charge in [-0.3, -0.25) is 4.90 Å². The van der Waals surface area contributed by atoms with Gasteiger partial charge in [-0.1, -0.05) is 30.9 Å². The summed E-state index contributed by atoms with van der Waals surface area (Å²) >= 11 is 0. The summed E-state index contributed by atoms with van der Waals surface area (Å²) < 4.78 is 0. The van der Waals surface area contributed by atoms with Crippen LogP contribution in [-0.2, 0) is 6.54 Å². The van der Waals surface area contributed by atoms with Crippen molar-refractivity contribution in [1.82, 2.24) is 4.90 Å². The number of hydrogen-bond donors (Lipinski definition) is 1. The van der Waals surface area contributed by atoms with Crippen molar-refractivity contribution in [1.29, 1.82) is 0 Å². The molecular formula is C16H22N2. The maximum atomic E-state index is 5.36. The zero-order valence-corrected chi connectivity index (χ0v) is 11.2. The average molecular weight is 242 g/mol. The van der Waals surface area contributed by atoms with E-state index in [0.29, 0.717) is 6.54 Å². The Balaban J connectivity index is 1.91. The van der Waals surface area contributed by atoms with Crippen molar-refractivity contribution in [3.05, 3.63) is 35.4 Å². The van der Waals surface area contributed by atoms with Crippen LogP contribution in [0, 0.1) is 17.8 Å². The molecule has 0 saturated heterocycles. The van der Waals surface area contributed by atoms with Gasteiger partial charge in [-0.15, -0.1) is 0 Å². The number of benzene rings is 1. The lowest BCUT2D eigenvalue weighted by Crippen LogP contribution is -2.25. The molecule has 0 amide bonds. The van der Waals surface area contributed by atoms with E-state index in [-0.39, 0.29) is 0 Å². The van der Waals surface area contributed by atoms with E-state index in [0.717, 1.165) is 24.6 Å². The van der Waals surface area contributed by atoms with Crippen LogP contribution in [0.25, 0.3) is 0 Å². The largest absolute Gasteiger partial charge is 0.320 e. The van der Waals surface area contributed by atoms with Gasteiger partial charge < -0.3 is 5.73 Å². The first kappa shape index (κ1) is 13.1. The third-order valence-electron chi connectivity index (χ3n) is 3.36. The topological polar surface area (TPSA) is 29.3 Å². The molecule has 2 nitrogen and oxygen atoms in total. The minimum Gasteiger partial charge on any atom is -0.320 e. The Morgan fingerprint density at radius 3 is 2.56 bits per heavy atom. The maximum Gasteiger partial charge on any atom is 0.0555 e. The Hall–Kier alpha value is -1.30. The van der Waals surface area contributed by atoms with Gasteiger partial charge in [0, 0.05) is 18.7 Å². The Kier molecular flexibility index (Phi) is 4.81. The molecule has 1 fully saturated rings. The van der Waals surface area contributed by atoms with Gasteiger partial charge in [0.05, 0.1) is 6.54 Å². The third-order valence-corrected chi connectivity index (χ3v) is 3.36. The molecule has 0 radical (unpaired) electrons. The van der Waals surface area contributed by atoms with Crippen LogP contribution in [-0.4, -0.2) is 24.5 Å². The lowest BCUT2D eigenvalue weighted by molar-refractivity contribution is 0.268. The van der Waals surface area contributed by atoms with Crippen molar-refractivity contribution in [2.24, 2.45) is 11.7 Å². The second kappa shape index (κ2) is 6.58. The number of nitrogens with two attached hydrogens (primary N) is 1. The van der Waals surface area contributed by atoms with Crippen LogP contribution in [0.3, 0.4) is 0 Å². The fourth-order valence-corrected chi connectivity index (χ4v) is 2.08. The van der Waals surface area contributed by atoms with Gasteiger partial charge in [0.25, 0.3) is 0 Å². The Labute approximate surface area is 110 Å². The molecule has 0 atom stereocenters. The number of hydrogen-bond acceptors (Lipinski definition) is 2. The van der Waals surface area contributed by atoms with E-state index in [1.807, 2.05) is 0 Å². The zero-order valence-electron chi connectivity index (χ0n) is 11.2. The highest BCUT2D eigenvalue weighted by Crippen LogP contribution is 2.30. The van der Waals surface area contributed by atoms with Crippen molar-refractivity contribution >= 4 is 0 Å². The highest BCUT2D eigenvalue weighted by molar-refractivity contribution is 5.36. The average Bonchev–Trinajstić information content (AvgIpc) is 3.21. The summed E-state index contributed by atoms with van der Waals surface area (Å²) in [7, 11) is 0. The normalized spacial score (nSPS) is 14.4. The summed E-state index contributed by atoms with van der Waals surface area (Å²) in [5, 5.41) is 0. The maximum absolute atomic E-state index is 5.36. The first-order chi connectivity index (χ1) is 8.81. The van der Waals surface area contributed by atoms with Gasteiger partial charge in [-0.2, -0.15) is 0 Å². The molecule has 18 heavy (non-hydrogen) atoms. The first-order valence-corrected chi connectivity index (χ1v) is 6.82. The first-order valence-electron chi connectivity index (χ1n) is 6.82. The van der Waals surface area contributed by atoms with E-state index < -0.39 is 0 Å². The zero-order chi connectivity index (χ0) is 12.8. The van der Waals surface area contributed by atoms with Crippen LogP contribution in [0.2, 0.25) is 0 Å². The highest BCUT2D eigenvalue weighted by Gasteiger charge is 2.23. The van der Waals surface area contributed by atoms with Crippen molar-refractivity contribution in [2.75, 3.05) is 19.6 Å². The van der Waals surface area contributed by atoms with E-state index in [1.54, 1.807) is 0 Å². The molecule has 0 aliphatic heterocycles. The molecule has 1 aliphatic rings. The predicted octanol–water partition coefficient (Wildman–Crippen LogP) is 2.23. The van der Waals surface area contributed by atoms with E-state index in [1.165, 1.54) is 24.9 Å². The molecule has 2 heteroatoms. The minimum atomic E-state index is 0.423.